The summed E-state index contributed by atoms with van der Waals surface area (Å²) in [6.07, 6.45) is 0.871. The number of ether oxygens (including phenoxy) is 1. The van der Waals surface area contributed by atoms with Gasteiger partial charge in [-0.1, -0.05) is 6.92 Å². The van der Waals surface area contributed by atoms with E-state index in [0.29, 0.717) is 24.9 Å². The zero-order valence-corrected chi connectivity index (χ0v) is 10.4. The van der Waals surface area contributed by atoms with Gasteiger partial charge in [-0.15, -0.1) is 10.2 Å². The number of nitrogens with two attached hydrogens (primary N) is 1. The average molecular weight is 240 g/mol. The number of aromatic nitrogens is 2. The van der Waals surface area contributed by atoms with E-state index in [4.69, 9.17) is 14.9 Å². The van der Waals surface area contributed by atoms with E-state index >= 15 is 0 Å². The lowest BCUT2D eigenvalue weighted by Crippen LogP contribution is -2.49. The first kappa shape index (κ1) is 12.5. The van der Waals surface area contributed by atoms with Crippen molar-refractivity contribution >= 4 is 0 Å². The minimum Gasteiger partial charge on any atom is -0.424 e. The summed E-state index contributed by atoms with van der Waals surface area (Å²) in [4.78, 5) is 2.24. The summed E-state index contributed by atoms with van der Waals surface area (Å²) in [6.45, 7) is 7.06. The second-order valence-corrected chi connectivity index (χ2v) is 4.45. The molecule has 2 unspecified atom stereocenters. The standard InChI is InChI=1S/C11H20N4O2/c1-3-10-13-14-11(17-10)7-15-4-5-16-9(6-15)8(2)12/h8-9H,3-7,12H2,1-2H3. The van der Waals surface area contributed by atoms with E-state index in [1.165, 1.54) is 0 Å². The van der Waals surface area contributed by atoms with E-state index in [1.807, 2.05) is 13.8 Å². The molecule has 1 aliphatic rings. The molecular weight excluding hydrogens is 220 g/mol. The largest absolute Gasteiger partial charge is 0.424 e. The van der Waals surface area contributed by atoms with Gasteiger partial charge in [-0.2, -0.15) is 0 Å². The van der Waals surface area contributed by atoms with Crippen LogP contribution in [0.25, 0.3) is 0 Å². The van der Waals surface area contributed by atoms with Gasteiger partial charge in [-0.3, -0.25) is 4.90 Å². The summed E-state index contributed by atoms with van der Waals surface area (Å²) in [5, 5.41) is 7.98. The molecule has 0 aliphatic carbocycles. The van der Waals surface area contributed by atoms with Crippen molar-refractivity contribution in [3.63, 3.8) is 0 Å². The molecular formula is C11H20N4O2. The van der Waals surface area contributed by atoms with Gasteiger partial charge < -0.3 is 14.9 Å². The predicted molar refractivity (Wildman–Crippen MR) is 62.3 cm³/mol. The Labute approximate surface area is 101 Å². The van der Waals surface area contributed by atoms with Gasteiger partial charge in [0.05, 0.1) is 19.3 Å². The Bertz CT molecular complexity index is 353. The summed E-state index contributed by atoms with van der Waals surface area (Å²) < 4.78 is 11.1. The maximum absolute atomic E-state index is 5.85. The van der Waals surface area contributed by atoms with Gasteiger partial charge in [0.1, 0.15) is 0 Å². The van der Waals surface area contributed by atoms with Crippen molar-refractivity contribution in [3.05, 3.63) is 11.8 Å². The van der Waals surface area contributed by atoms with Crippen molar-refractivity contribution in [2.75, 3.05) is 19.7 Å². The molecule has 17 heavy (non-hydrogen) atoms. The van der Waals surface area contributed by atoms with Gasteiger partial charge in [-0.25, -0.2) is 0 Å². The SMILES string of the molecule is CCc1nnc(CN2CCOC(C(C)N)C2)o1. The molecule has 1 aromatic heterocycles. The maximum atomic E-state index is 5.85. The van der Waals surface area contributed by atoms with E-state index in [-0.39, 0.29) is 12.1 Å². The fourth-order valence-electron chi connectivity index (χ4n) is 1.88. The highest BCUT2D eigenvalue weighted by atomic mass is 16.5. The van der Waals surface area contributed by atoms with E-state index < -0.39 is 0 Å². The molecule has 6 heteroatoms. The van der Waals surface area contributed by atoms with Crippen molar-refractivity contribution in [1.82, 2.24) is 15.1 Å². The lowest BCUT2D eigenvalue weighted by atomic mass is 10.1. The molecule has 0 bridgehead atoms. The number of rotatable bonds is 4. The van der Waals surface area contributed by atoms with Crippen LogP contribution in [-0.2, 0) is 17.7 Å². The molecule has 6 nitrogen and oxygen atoms in total. The molecule has 2 rings (SSSR count). The maximum Gasteiger partial charge on any atom is 0.230 e. The molecule has 0 radical (unpaired) electrons. The van der Waals surface area contributed by atoms with Gasteiger partial charge in [0, 0.05) is 25.6 Å². The van der Waals surface area contributed by atoms with Crippen LogP contribution in [0.5, 0.6) is 0 Å². The van der Waals surface area contributed by atoms with Crippen LogP contribution in [0.1, 0.15) is 25.6 Å². The first-order valence-electron chi connectivity index (χ1n) is 6.10. The van der Waals surface area contributed by atoms with Crippen LogP contribution in [0.2, 0.25) is 0 Å². The summed E-state index contributed by atoms with van der Waals surface area (Å²) >= 11 is 0. The molecule has 0 amide bonds. The Morgan fingerprint density at radius 2 is 2.24 bits per heavy atom. The Morgan fingerprint density at radius 3 is 2.88 bits per heavy atom. The Balaban J connectivity index is 1.90. The fraction of sp³-hybridized carbons (Fsp3) is 0.818. The van der Waals surface area contributed by atoms with E-state index in [0.717, 1.165) is 19.5 Å². The molecule has 96 valence electrons. The number of hydrogen-bond donors (Lipinski definition) is 1. The van der Waals surface area contributed by atoms with Crippen molar-refractivity contribution in [1.29, 1.82) is 0 Å². The fourth-order valence-corrected chi connectivity index (χ4v) is 1.88. The van der Waals surface area contributed by atoms with Crippen molar-refractivity contribution in [3.8, 4) is 0 Å². The topological polar surface area (TPSA) is 77.4 Å². The quantitative estimate of drug-likeness (QED) is 0.809. The molecule has 0 spiro atoms. The zero-order valence-electron chi connectivity index (χ0n) is 10.4. The average Bonchev–Trinajstić information content (AvgIpc) is 2.77. The van der Waals surface area contributed by atoms with E-state index in [2.05, 4.69) is 15.1 Å². The third kappa shape index (κ3) is 3.24. The number of morpholine rings is 1. The lowest BCUT2D eigenvalue weighted by molar-refractivity contribution is -0.0424. The normalized spacial score (nSPS) is 23.8. The van der Waals surface area contributed by atoms with Crippen LogP contribution in [0.15, 0.2) is 4.42 Å². The number of nitrogens with zero attached hydrogens (tertiary/aromatic N) is 3. The van der Waals surface area contributed by atoms with Crippen LogP contribution in [0, 0.1) is 0 Å². The van der Waals surface area contributed by atoms with Crippen molar-refractivity contribution in [2.45, 2.75) is 39.0 Å². The molecule has 2 atom stereocenters. The highest BCUT2D eigenvalue weighted by Gasteiger charge is 2.24. The second-order valence-electron chi connectivity index (χ2n) is 4.45. The number of hydrogen-bond acceptors (Lipinski definition) is 6. The van der Waals surface area contributed by atoms with Gasteiger partial charge in [-0.05, 0) is 6.92 Å². The molecule has 1 saturated heterocycles. The zero-order chi connectivity index (χ0) is 12.3. The molecule has 1 aromatic rings. The summed E-state index contributed by atoms with van der Waals surface area (Å²) in [5.74, 6) is 1.36. The Hall–Kier alpha value is -0.980. The highest BCUT2D eigenvalue weighted by molar-refractivity contribution is 4.84. The van der Waals surface area contributed by atoms with E-state index in [9.17, 15) is 0 Å². The molecule has 2 heterocycles. The summed E-state index contributed by atoms with van der Waals surface area (Å²) in [6, 6.07) is 0.0479. The van der Waals surface area contributed by atoms with Crippen LogP contribution < -0.4 is 5.73 Å². The van der Waals surface area contributed by atoms with Gasteiger partial charge >= 0.3 is 0 Å². The third-order valence-corrected chi connectivity index (χ3v) is 2.93. The van der Waals surface area contributed by atoms with Gasteiger partial charge in [0.25, 0.3) is 0 Å². The number of aryl methyl sites for hydroxylation is 1. The Kier molecular flexibility index (Phi) is 4.09. The first-order chi connectivity index (χ1) is 8.19. The van der Waals surface area contributed by atoms with Crippen LogP contribution >= 0.6 is 0 Å². The summed E-state index contributed by atoms with van der Waals surface area (Å²) in [7, 11) is 0. The molecule has 1 aliphatic heterocycles. The highest BCUT2D eigenvalue weighted by Crippen LogP contribution is 2.11. The van der Waals surface area contributed by atoms with Crippen molar-refractivity contribution in [2.24, 2.45) is 5.73 Å². The lowest BCUT2D eigenvalue weighted by Gasteiger charge is -2.33. The first-order valence-corrected chi connectivity index (χ1v) is 6.10. The monoisotopic (exact) mass is 240 g/mol. The minimum atomic E-state index is 0.0479. The third-order valence-electron chi connectivity index (χ3n) is 2.93. The molecule has 1 fully saturated rings. The smallest absolute Gasteiger partial charge is 0.230 e. The molecule has 2 N–H and O–H groups in total. The van der Waals surface area contributed by atoms with E-state index in [1.54, 1.807) is 0 Å². The second kappa shape index (κ2) is 5.57. The Morgan fingerprint density at radius 1 is 1.47 bits per heavy atom. The molecule has 0 aromatic carbocycles. The predicted octanol–water partition coefficient (Wildman–Crippen LogP) is 0.180. The van der Waals surface area contributed by atoms with Crippen molar-refractivity contribution < 1.29 is 9.15 Å². The van der Waals surface area contributed by atoms with Crippen LogP contribution in [-0.4, -0.2) is 46.9 Å². The summed E-state index contributed by atoms with van der Waals surface area (Å²) in [5.41, 5.74) is 5.85. The van der Waals surface area contributed by atoms with Gasteiger partial charge in [0.2, 0.25) is 11.8 Å². The van der Waals surface area contributed by atoms with Gasteiger partial charge in [0.15, 0.2) is 0 Å². The minimum absolute atomic E-state index is 0.0479. The molecule has 0 saturated carbocycles. The van der Waals surface area contributed by atoms with Crippen LogP contribution in [0.3, 0.4) is 0 Å². The van der Waals surface area contributed by atoms with Crippen LogP contribution in [0.4, 0.5) is 0 Å².